The lowest BCUT2D eigenvalue weighted by molar-refractivity contribution is -0.133. The molecule has 1 aromatic heterocycles. The smallest absolute Gasteiger partial charge is 0.244 e. The molecule has 0 N–H and O–H groups in total. The average Bonchev–Trinajstić information content (AvgIpc) is 3.14. The third-order valence-corrected chi connectivity index (χ3v) is 5.56. The van der Waals surface area contributed by atoms with Crippen LogP contribution in [0.3, 0.4) is 0 Å². The number of rotatable bonds is 5. The predicted octanol–water partition coefficient (Wildman–Crippen LogP) is 1.04. The lowest BCUT2D eigenvalue weighted by atomic mass is 9.87. The fraction of sp³-hybridized carbons (Fsp3) is 0.579. The van der Waals surface area contributed by atoms with E-state index < -0.39 is 0 Å². The summed E-state index contributed by atoms with van der Waals surface area (Å²) in [7, 11) is 1.89. The van der Waals surface area contributed by atoms with Crippen molar-refractivity contribution < 1.29 is 9.53 Å². The van der Waals surface area contributed by atoms with Crippen molar-refractivity contribution in [2.24, 2.45) is 0 Å². The molecule has 0 bridgehead atoms. The van der Waals surface area contributed by atoms with Crippen molar-refractivity contribution in [3.8, 4) is 0 Å². The maximum Gasteiger partial charge on any atom is 0.244 e. The zero-order chi connectivity index (χ0) is 18.6. The minimum absolute atomic E-state index is 0.0345. The summed E-state index contributed by atoms with van der Waals surface area (Å²) in [5, 5.41) is 11.9. The molecule has 1 aliphatic carbocycles. The molecule has 0 unspecified atom stereocenters. The molecular weight excluding hydrogens is 344 g/mol. The number of carbonyl (C=O) groups excluding carboxylic acids is 1. The number of ether oxygens (including phenoxy) is 1. The van der Waals surface area contributed by atoms with Crippen LogP contribution in [0.4, 0.5) is 0 Å². The average molecular weight is 370 g/mol. The first-order valence-electron chi connectivity index (χ1n) is 9.61. The number of amides is 1. The third-order valence-electron chi connectivity index (χ3n) is 5.56. The first-order valence-corrected chi connectivity index (χ1v) is 9.61. The number of fused-ring (bicyclic) bond motifs is 1. The van der Waals surface area contributed by atoms with Gasteiger partial charge in [-0.05, 0) is 40.8 Å². The molecule has 1 aliphatic heterocycles. The Bertz CT molecular complexity index is 786. The maximum absolute atomic E-state index is 12.9. The van der Waals surface area contributed by atoms with E-state index in [1.165, 1.54) is 11.1 Å². The number of likely N-dealkylation sites (N-methyl/N-ethyl adjacent to an activating group) is 1. The second-order valence-electron chi connectivity index (χ2n) is 7.25. The molecule has 2 aromatic rings. The highest BCUT2D eigenvalue weighted by Crippen LogP contribution is 2.33. The predicted molar refractivity (Wildman–Crippen MR) is 98.8 cm³/mol. The Morgan fingerprint density at radius 3 is 2.96 bits per heavy atom. The highest BCUT2D eigenvalue weighted by molar-refractivity contribution is 5.76. The number of benzene rings is 1. The van der Waals surface area contributed by atoms with Gasteiger partial charge in [-0.1, -0.05) is 24.3 Å². The second-order valence-corrected chi connectivity index (χ2v) is 7.25. The van der Waals surface area contributed by atoms with Gasteiger partial charge in [-0.3, -0.25) is 9.69 Å². The van der Waals surface area contributed by atoms with Gasteiger partial charge in [-0.2, -0.15) is 0 Å². The van der Waals surface area contributed by atoms with Crippen molar-refractivity contribution in [3.05, 3.63) is 41.2 Å². The van der Waals surface area contributed by atoms with Crippen LogP contribution in [0.5, 0.6) is 0 Å². The quantitative estimate of drug-likeness (QED) is 0.783. The largest absolute Gasteiger partial charge is 0.379 e. The Hall–Kier alpha value is -2.32. The first-order chi connectivity index (χ1) is 13.2. The van der Waals surface area contributed by atoms with Crippen molar-refractivity contribution >= 4 is 5.91 Å². The number of morpholine rings is 1. The molecule has 0 spiro atoms. The lowest BCUT2D eigenvalue weighted by Gasteiger charge is -2.33. The van der Waals surface area contributed by atoms with Crippen molar-refractivity contribution in [2.45, 2.75) is 38.4 Å². The van der Waals surface area contributed by atoms with Gasteiger partial charge < -0.3 is 9.64 Å². The Balaban J connectivity index is 1.43. The number of nitrogens with zero attached hydrogens (tertiary/aromatic N) is 6. The van der Waals surface area contributed by atoms with Crippen molar-refractivity contribution in [3.63, 3.8) is 0 Å². The summed E-state index contributed by atoms with van der Waals surface area (Å²) in [6.45, 7) is 3.98. The molecule has 27 heavy (non-hydrogen) atoms. The van der Waals surface area contributed by atoms with Crippen LogP contribution >= 0.6 is 0 Å². The van der Waals surface area contributed by atoms with Gasteiger partial charge in [0.05, 0.1) is 25.8 Å². The molecule has 8 nitrogen and oxygen atoms in total. The Morgan fingerprint density at radius 1 is 1.30 bits per heavy atom. The Morgan fingerprint density at radius 2 is 2.11 bits per heavy atom. The van der Waals surface area contributed by atoms with Crippen LogP contribution < -0.4 is 0 Å². The SMILES string of the molecule is CN(C(=O)Cn1nnnc1CN1CCOCC1)[C@H]1CCCc2ccccc21. The molecule has 2 heterocycles. The molecule has 1 amide bonds. The fourth-order valence-corrected chi connectivity index (χ4v) is 3.96. The molecule has 4 rings (SSSR count). The van der Waals surface area contributed by atoms with Gasteiger partial charge >= 0.3 is 0 Å². The minimum Gasteiger partial charge on any atom is -0.379 e. The molecule has 144 valence electrons. The van der Waals surface area contributed by atoms with Gasteiger partial charge in [0.25, 0.3) is 0 Å². The molecule has 1 aromatic carbocycles. The molecular formula is C19H26N6O2. The van der Waals surface area contributed by atoms with Crippen LogP contribution in [0.25, 0.3) is 0 Å². The van der Waals surface area contributed by atoms with Gasteiger partial charge in [0, 0.05) is 20.1 Å². The highest BCUT2D eigenvalue weighted by atomic mass is 16.5. The highest BCUT2D eigenvalue weighted by Gasteiger charge is 2.27. The van der Waals surface area contributed by atoms with E-state index in [9.17, 15) is 4.79 Å². The van der Waals surface area contributed by atoms with Crippen LogP contribution in [-0.2, 0) is 29.0 Å². The van der Waals surface area contributed by atoms with Crippen LogP contribution in [0.15, 0.2) is 24.3 Å². The van der Waals surface area contributed by atoms with Crippen LogP contribution in [0, 0.1) is 0 Å². The summed E-state index contributed by atoms with van der Waals surface area (Å²) in [5.74, 6) is 0.759. The number of aryl methyl sites for hydroxylation is 1. The number of hydrogen-bond acceptors (Lipinski definition) is 6. The monoisotopic (exact) mass is 370 g/mol. The molecule has 1 fully saturated rings. The number of tetrazole rings is 1. The molecule has 0 saturated carbocycles. The van der Waals surface area contributed by atoms with Crippen LogP contribution in [-0.4, -0.2) is 69.3 Å². The summed E-state index contributed by atoms with van der Waals surface area (Å²) in [5.41, 5.74) is 2.62. The van der Waals surface area contributed by atoms with Gasteiger partial charge in [-0.15, -0.1) is 5.10 Å². The molecule has 0 radical (unpaired) electrons. The number of aromatic nitrogens is 4. The third kappa shape index (κ3) is 4.01. The maximum atomic E-state index is 12.9. The van der Waals surface area contributed by atoms with E-state index in [0.717, 1.165) is 51.4 Å². The normalized spacial score (nSPS) is 20.3. The van der Waals surface area contributed by atoms with Gasteiger partial charge in [0.1, 0.15) is 6.54 Å². The molecule has 1 atom stereocenters. The fourth-order valence-electron chi connectivity index (χ4n) is 3.96. The van der Waals surface area contributed by atoms with Crippen molar-refractivity contribution in [1.82, 2.24) is 30.0 Å². The second kappa shape index (κ2) is 8.14. The Labute approximate surface area is 159 Å². The molecule has 2 aliphatic rings. The zero-order valence-corrected chi connectivity index (χ0v) is 15.8. The van der Waals surface area contributed by atoms with Crippen LogP contribution in [0.2, 0.25) is 0 Å². The summed E-state index contributed by atoms with van der Waals surface area (Å²) >= 11 is 0. The van der Waals surface area contributed by atoms with E-state index in [4.69, 9.17) is 4.74 Å². The standard InChI is InChI=1S/C19H26N6O2/c1-23(17-8-4-6-15-5-2-3-7-16(15)17)19(26)14-25-18(20-21-22-25)13-24-9-11-27-12-10-24/h2-3,5,7,17H,4,6,8-14H2,1H3/t17-/m0/s1. The van der Waals surface area contributed by atoms with E-state index in [0.29, 0.717) is 6.54 Å². The van der Waals surface area contributed by atoms with Gasteiger partial charge in [-0.25, -0.2) is 4.68 Å². The minimum atomic E-state index is 0.0345. The Kier molecular flexibility index (Phi) is 5.45. The van der Waals surface area contributed by atoms with Crippen molar-refractivity contribution in [1.29, 1.82) is 0 Å². The van der Waals surface area contributed by atoms with E-state index in [1.807, 2.05) is 11.9 Å². The van der Waals surface area contributed by atoms with E-state index >= 15 is 0 Å². The molecule has 1 saturated heterocycles. The van der Waals surface area contributed by atoms with Gasteiger partial charge in [0.2, 0.25) is 5.91 Å². The summed E-state index contributed by atoms with van der Waals surface area (Å²) in [4.78, 5) is 17.0. The number of carbonyl (C=O) groups is 1. The summed E-state index contributed by atoms with van der Waals surface area (Å²) < 4.78 is 7.01. The molecule has 8 heteroatoms. The van der Waals surface area contributed by atoms with Crippen molar-refractivity contribution in [2.75, 3.05) is 33.4 Å². The van der Waals surface area contributed by atoms with E-state index in [-0.39, 0.29) is 18.5 Å². The van der Waals surface area contributed by atoms with Crippen LogP contribution in [0.1, 0.15) is 35.8 Å². The summed E-state index contributed by atoms with van der Waals surface area (Å²) in [6.07, 6.45) is 3.19. The lowest BCUT2D eigenvalue weighted by Crippen LogP contribution is -2.38. The van der Waals surface area contributed by atoms with E-state index in [2.05, 4.69) is 44.7 Å². The first kappa shape index (κ1) is 18.1. The summed E-state index contributed by atoms with van der Waals surface area (Å²) in [6, 6.07) is 8.56. The zero-order valence-electron chi connectivity index (χ0n) is 15.8. The topological polar surface area (TPSA) is 76.4 Å². The van der Waals surface area contributed by atoms with Gasteiger partial charge in [0.15, 0.2) is 5.82 Å². The number of hydrogen-bond donors (Lipinski definition) is 0. The van der Waals surface area contributed by atoms with E-state index in [1.54, 1.807) is 4.68 Å².